The molecule has 1 atom stereocenters. The third kappa shape index (κ3) is 2.42. The van der Waals surface area contributed by atoms with E-state index in [0.717, 1.165) is 11.3 Å². The van der Waals surface area contributed by atoms with Crippen molar-refractivity contribution in [1.82, 2.24) is 15.2 Å². The Morgan fingerprint density at radius 2 is 2.28 bits per heavy atom. The minimum absolute atomic E-state index is 0.328. The molecule has 0 saturated carbocycles. The van der Waals surface area contributed by atoms with Gasteiger partial charge in [-0.05, 0) is 33.6 Å². The molecule has 2 aromatic rings. The smallest absolute Gasteiger partial charge is 0.137 e. The van der Waals surface area contributed by atoms with Gasteiger partial charge in [0.05, 0.1) is 27.4 Å². The first-order valence-corrected chi connectivity index (χ1v) is 6.30. The van der Waals surface area contributed by atoms with Crippen molar-refractivity contribution >= 4 is 27.5 Å². The minimum atomic E-state index is -0.359. The maximum atomic E-state index is 13.2. The predicted molar refractivity (Wildman–Crippen MR) is 71.5 cm³/mol. The molecule has 0 spiro atoms. The quantitative estimate of drug-likeness (QED) is 0.670. The molecule has 1 heterocycles. The number of nitrogens with two attached hydrogens (primary N) is 1. The summed E-state index contributed by atoms with van der Waals surface area (Å²) >= 11 is 9.22. The van der Waals surface area contributed by atoms with Crippen molar-refractivity contribution in [2.75, 3.05) is 0 Å². The van der Waals surface area contributed by atoms with E-state index < -0.39 is 0 Å². The van der Waals surface area contributed by atoms with E-state index in [1.165, 1.54) is 6.07 Å². The van der Waals surface area contributed by atoms with Gasteiger partial charge in [-0.1, -0.05) is 17.7 Å². The van der Waals surface area contributed by atoms with Crippen LogP contribution in [0.25, 0.3) is 0 Å². The Bertz CT molecular complexity index is 553. The number of nitrogens with zero attached hydrogens (tertiary/aromatic N) is 2. The average Bonchev–Trinajstić information content (AvgIpc) is 2.66. The van der Waals surface area contributed by atoms with Crippen molar-refractivity contribution in [3.63, 3.8) is 0 Å². The molecule has 0 bridgehead atoms. The van der Waals surface area contributed by atoms with Crippen LogP contribution in [0.5, 0.6) is 0 Å². The van der Waals surface area contributed by atoms with Crippen LogP contribution in [0.2, 0.25) is 5.02 Å². The molecule has 0 aliphatic rings. The third-order valence-electron chi connectivity index (χ3n) is 2.65. The number of benzene rings is 1. The lowest BCUT2D eigenvalue weighted by molar-refractivity contribution is 0.571. The molecule has 0 radical (unpaired) electrons. The second-order valence-electron chi connectivity index (χ2n) is 3.77. The molecule has 7 heteroatoms. The Morgan fingerprint density at radius 3 is 2.78 bits per heavy atom. The van der Waals surface area contributed by atoms with Crippen LogP contribution < -0.4 is 11.3 Å². The highest BCUT2D eigenvalue weighted by Gasteiger charge is 2.20. The Hall–Kier alpha value is -0.950. The first kappa shape index (κ1) is 13.5. The summed E-state index contributed by atoms with van der Waals surface area (Å²) in [5, 5.41) is 4.55. The van der Waals surface area contributed by atoms with Gasteiger partial charge in [-0.25, -0.2) is 9.82 Å². The topological polar surface area (TPSA) is 55.9 Å². The normalized spacial score (nSPS) is 12.7. The number of aromatic nitrogens is 2. The monoisotopic (exact) mass is 332 g/mol. The molecule has 3 N–H and O–H groups in total. The molecule has 0 amide bonds. The first-order valence-electron chi connectivity index (χ1n) is 5.13. The lowest BCUT2D eigenvalue weighted by Gasteiger charge is -2.17. The summed E-state index contributed by atoms with van der Waals surface area (Å²) in [6.07, 6.45) is 1.54. The highest BCUT2D eigenvalue weighted by atomic mass is 79.9. The van der Waals surface area contributed by atoms with Crippen LogP contribution in [0.4, 0.5) is 4.39 Å². The Morgan fingerprint density at radius 1 is 1.56 bits per heavy atom. The van der Waals surface area contributed by atoms with Crippen LogP contribution in [-0.4, -0.2) is 9.78 Å². The number of aryl methyl sites for hydroxylation is 1. The molecule has 1 aromatic carbocycles. The lowest BCUT2D eigenvalue weighted by Crippen LogP contribution is -2.30. The van der Waals surface area contributed by atoms with E-state index in [-0.39, 0.29) is 11.9 Å². The van der Waals surface area contributed by atoms with Crippen molar-refractivity contribution in [2.45, 2.75) is 6.04 Å². The van der Waals surface area contributed by atoms with Crippen molar-refractivity contribution < 1.29 is 4.39 Å². The number of hydrogen-bond acceptors (Lipinski definition) is 3. The highest BCUT2D eigenvalue weighted by Crippen LogP contribution is 2.29. The van der Waals surface area contributed by atoms with E-state index in [4.69, 9.17) is 17.4 Å². The van der Waals surface area contributed by atoms with E-state index in [1.807, 2.05) is 0 Å². The van der Waals surface area contributed by atoms with E-state index in [9.17, 15) is 4.39 Å². The zero-order valence-electron chi connectivity index (χ0n) is 9.49. The lowest BCUT2D eigenvalue weighted by atomic mass is 10.0. The van der Waals surface area contributed by atoms with Crippen molar-refractivity contribution in [3.05, 3.63) is 51.0 Å². The first-order chi connectivity index (χ1) is 8.54. The van der Waals surface area contributed by atoms with Gasteiger partial charge in [0.2, 0.25) is 0 Å². The molecule has 0 aliphatic carbocycles. The molecular formula is C11H11BrClFN4. The molecule has 0 fully saturated rings. The second kappa shape index (κ2) is 5.36. The number of rotatable bonds is 3. The predicted octanol–water partition coefficient (Wildman–Crippen LogP) is 2.53. The van der Waals surface area contributed by atoms with E-state index in [1.54, 1.807) is 30.1 Å². The number of nitrogens with one attached hydrogen (secondary N) is 1. The fraction of sp³-hybridized carbons (Fsp3) is 0.182. The standard InChI is InChI=1S/C11H11BrClFN4/c1-18-11(8(13)5-16-18)10(17-15)6-2-3-9(14)7(12)4-6/h2-5,10,17H,15H2,1H3. The average molecular weight is 334 g/mol. The van der Waals surface area contributed by atoms with Crippen molar-refractivity contribution in [1.29, 1.82) is 0 Å². The Balaban J connectivity index is 2.48. The summed E-state index contributed by atoms with van der Waals surface area (Å²) in [4.78, 5) is 0. The van der Waals surface area contributed by atoms with E-state index in [0.29, 0.717) is 9.50 Å². The summed E-state index contributed by atoms with van der Waals surface area (Å²) in [6, 6.07) is 4.31. The van der Waals surface area contributed by atoms with Crippen LogP contribution in [0.3, 0.4) is 0 Å². The zero-order valence-corrected chi connectivity index (χ0v) is 11.8. The summed E-state index contributed by atoms with van der Waals surface area (Å²) in [5.74, 6) is 5.23. The van der Waals surface area contributed by atoms with Crippen LogP contribution in [-0.2, 0) is 7.05 Å². The summed E-state index contributed by atoms with van der Waals surface area (Å²) < 4.78 is 15.2. The molecule has 18 heavy (non-hydrogen) atoms. The van der Waals surface area contributed by atoms with Crippen LogP contribution >= 0.6 is 27.5 Å². The molecule has 4 nitrogen and oxygen atoms in total. The number of hydrazine groups is 1. The van der Waals surface area contributed by atoms with Gasteiger partial charge in [0.25, 0.3) is 0 Å². The van der Waals surface area contributed by atoms with Crippen molar-refractivity contribution in [3.8, 4) is 0 Å². The van der Waals surface area contributed by atoms with Gasteiger partial charge in [0.1, 0.15) is 5.82 Å². The summed E-state index contributed by atoms with van der Waals surface area (Å²) in [7, 11) is 1.77. The molecule has 96 valence electrons. The molecule has 0 saturated heterocycles. The largest absolute Gasteiger partial charge is 0.271 e. The van der Waals surface area contributed by atoms with Crippen LogP contribution in [0.15, 0.2) is 28.9 Å². The van der Waals surface area contributed by atoms with Gasteiger partial charge < -0.3 is 0 Å². The van der Waals surface area contributed by atoms with Gasteiger partial charge in [-0.3, -0.25) is 10.5 Å². The fourth-order valence-corrected chi connectivity index (χ4v) is 2.44. The third-order valence-corrected chi connectivity index (χ3v) is 3.55. The van der Waals surface area contributed by atoms with Gasteiger partial charge >= 0.3 is 0 Å². The zero-order chi connectivity index (χ0) is 13.3. The van der Waals surface area contributed by atoms with Gasteiger partial charge in [0.15, 0.2) is 0 Å². The van der Waals surface area contributed by atoms with Crippen molar-refractivity contribution in [2.24, 2.45) is 12.9 Å². The Labute approximate surface area is 117 Å². The SMILES string of the molecule is Cn1ncc(Cl)c1C(NN)c1ccc(F)c(Br)c1. The van der Waals surface area contributed by atoms with Gasteiger partial charge in [-0.2, -0.15) is 5.10 Å². The minimum Gasteiger partial charge on any atom is -0.271 e. The van der Waals surface area contributed by atoms with Crippen LogP contribution in [0.1, 0.15) is 17.3 Å². The maximum Gasteiger partial charge on any atom is 0.137 e. The second-order valence-corrected chi connectivity index (χ2v) is 5.04. The summed E-state index contributed by atoms with van der Waals surface area (Å²) in [6.45, 7) is 0. The van der Waals surface area contributed by atoms with Crippen LogP contribution in [0, 0.1) is 5.82 Å². The number of hydrogen-bond donors (Lipinski definition) is 2. The molecular weight excluding hydrogens is 323 g/mol. The summed E-state index contributed by atoms with van der Waals surface area (Å²) in [5.41, 5.74) is 4.17. The van der Waals surface area contributed by atoms with E-state index in [2.05, 4.69) is 26.5 Å². The Kier molecular flexibility index (Phi) is 4.01. The van der Waals surface area contributed by atoms with E-state index >= 15 is 0 Å². The fourth-order valence-electron chi connectivity index (χ4n) is 1.77. The van der Waals surface area contributed by atoms with Gasteiger partial charge in [0, 0.05) is 7.05 Å². The maximum absolute atomic E-state index is 13.2. The molecule has 1 aromatic heterocycles. The number of halogens is 3. The highest BCUT2D eigenvalue weighted by molar-refractivity contribution is 9.10. The molecule has 0 aliphatic heterocycles. The molecule has 1 unspecified atom stereocenters. The van der Waals surface area contributed by atoms with Gasteiger partial charge in [-0.15, -0.1) is 0 Å². The molecule has 2 rings (SSSR count).